The Morgan fingerprint density at radius 3 is 1.97 bits per heavy atom. The van der Waals surface area contributed by atoms with Crippen LogP contribution in [0.2, 0.25) is 0 Å². The van der Waals surface area contributed by atoms with Crippen LogP contribution in [0, 0.1) is 11.3 Å². The normalized spacial score (nSPS) is 12.2. The third kappa shape index (κ3) is 5.75. The molecule has 0 aliphatic heterocycles. The fourth-order valence-corrected chi connectivity index (χ4v) is 2.36. The van der Waals surface area contributed by atoms with Crippen LogP contribution in [0.5, 0.6) is 5.75 Å². The third-order valence-electron chi connectivity index (χ3n) is 3.77. The van der Waals surface area contributed by atoms with Crippen molar-refractivity contribution in [2.75, 3.05) is 5.32 Å². The molecule has 0 saturated heterocycles. The Hall–Kier alpha value is -4.01. The second-order valence-corrected chi connectivity index (χ2v) is 6.00. The predicted molar refractivity (Wildman–Crippen MR) is 93.7 cm³/mol. The molecule has 2 aromatic carbocycles. The van der Waals surface area contributed by atoms with E-state index in [1.807, 2.05) is 5.32 Å². The molecule has 0 heterocycles. The summed E-state index contributed by atoms with van der Waals surface area (Å²) in [5, 5.41) is 29.3. The van der Waals surface area contributed by atoms with Gasteiger partial charge in [0.1, 0.15) is 17.4 Å². The number of carbonyl (C=O) groups excluding carboxylic acids is 1. The Morgan fingerprint density at radius 2 is 1.52 bits per heavy atom. The van der Waals surface area contributed by atoms with Crippen LogP contribution in [0.1, 0.15) is 27.0 Å². The number of alkyl halides is 6. The van der Waals surface area contributed by atoms with Gasteiger partial charge in [0.15, 0.2) is 0 Å². The van der Waals surface area contributed by atoms with E-state index in [9.17, 15) is 41.0 Å². The van der Waals surface area contributed by atoms with Crippen molar-refractivity contribution in [3.63, 3.8) is 0 Å². The standard InChI is InChI=1S/C19H10F6N2O4/c20-18(21,22)11-5-12(19(23,24)25)7-13(6-11)27-16(29)14-4-9(1-2-15(14)28)3-10(8-26)17(30)31/h1-7,28H,(H,27,29)(H,30,31). The molecule has 0 bridgehead atoms. The average Bonchev–Trinajstić information content (AvgIpc) is 2.65. The van der Waals surface area contributed by atoms with Gasteiger partial charge in [-0.1, -0.05) is 6.07 Å². The number of carboxylic acids is 1. The Bertz CT molecular complexity index is 1080. The van der Waals surface area contributed by atoms with Gasteiger partial charge in [0.25, 0.3) is 5.91 Å². The van der Waals surface area contributed by atoms with E-state index >= 15 is 0 Å². The summed E-state index contributed by atoms with van der Waals surface area (Å²) in [7, 11) is 0. The van der Waals surface area contributed by atoms with Crippen molar-refractivity contribution in [3.8, 4) is 11.8 Å². The van der Waals surface area contributed by atoms with Gasteiger partial charge >= 0.3 is 18.3 Å². The predicted octanol–water partition coefficient (Wildman–Crippen LogP) is 4.67. The van der Waals surface area contributed by atoms with Gasteiger partial charge in [0, 0.05) is 5.69 Å². The topological polar surface area (TPSA) is 110 Å². The Labute approximate surface area is 169 Å². The number of nitriles is 1. The number of aliphatic carboxylic acids is 1. The molecule has 6 nitrogen and oxygen atoms in total. The van der Waals surface area contributed by atoms with Gasteiger partial charge in [-0.3, -0.25) is 4.79 Å². The highest BCUT2D eigenvalue weighted by Crippen LogP contribution is 2.37. The van der Waals surface area contributed by atoms with E-state index in [0.717, 1.165) is 24.3 Å². The first-order valence-electron chi connectivity index (χ1n) is 8.01. The van der Waals surface area contributed by atoms with E-state index in [1.54, 1.807) is 0 Å². The molecule has 0 saturated carbocycles. The van der Waals surface area contributed by atoms with E-state index in [1.165, 1.54) is 6.07 Å². The van der Waals surface area contributed by atoms with Crippen LogP contribution >= 0.6 is 0 Å². The lowest BCUT2D eigenvalue weighted by molar-refractivity contribution is -0.143. The van der Waals surface area contributed by atoms with Gasteiger partial charge in [-0.2, -0.15) is 31.6 Å². The van der Waals surface area contributed by atoms with Crippen molar-refractivity contribution >= 4 is 23.6 Å². The number of amides is 1. The Morgan fingerprint density at radius 1 is 0.968 bits per heavy atom. The van der Waals surface area contributed by atoms with E-state index < -0.39 is 57.9 Å². The minimum atomic E-state index is -5.13. The highest BCUT2D eigenvalue weighted by molar-refractivity contribution is 6.07. The number of hydrogen-bond donors (Lipinski definition) is 3. The zero-order chi connectivity index (χ0) is 23.6. The Balaban J connectivity index is 2.47. The first kappa shape index (κ1) is 23.3. The van der Waals surface area contributed by atoms with Crippen LogP contribution in [-0.4, -0.2) is 22.1 Å². The van der Waals surface area contributed by atoms with Gasteiger partial charge in [0.05, 0.1) is 16.7 Å². The molecule has 31 heavy (non-hydrogen) atoms. The Kier molecular flexibility index (Phi) is 6.30. The molecule has 0 radical (unpaired) electrons. The molecule has 0 fully saturated rings. The van der Waals surface area contributed by atoms with Crippen molar-refractivity contribution < 1.29 is 46.1 Å². The summed E-state index contributed by atoms with van der Waals surface area (Å²) in [6.45, 7) is 0. The van der Waals surface area contributed by atoms with Crippen LogP contribution in [0.4, 0.5) is 32.0 Å². The third-order valence-corrected chi connectivity index (χ3v) is 3.77. The highest BCUT2D eigenvalue weighted by Gasteiger charge is 2.37. The fourth-order valence-electron chi connectivity index (χ4n) is 2.36. The van der Waals surface area contributed by atoms with Crippen LogP contribution < -0.4 is 5.32 Å². The van der Waals surface area contributed by atoms with Crippen LogP contribution in [0.25, 0.3) is 6.08 Å². The molecule has 0 aliphatic rings. The van der Waals surface area contributed by atoms with Crippen molar-refractivity contribution in [2.45, 2.75) is 12.4 Å². The number of hydrogen-bond acceptors (Lipinski definition) is 4. The maximum Gasteiger partial charge on any atom is 0.416 e. The summed E-state index contributed by atoms with van der Waals surface area (Å²) in [5.41, 5.74) is -5.48. The number of anilines is 1. The summed E-state index contributed by atoms with van der Waals surface area (Å²) >= 11 is 0. The SMILES string of the molecule is N#CC(=Cc1ccc(O)c(C(=O)Nc2cc(C(F)(F)F)cc(C(F)(F)F)c2)c1)C(=O)O. The molecule has 0 aromatic heterocycles. The molecule has 0 unspecified atom stereocenters. The first-order valence-corrected chi connectivity index (χ1v) is 8.01. The van der Waals surface area contributed by atoms with E-state index in [2.05, 4.69) is 0 Å². The number of aromatic hydroxyl groups is 1. The summed E-state index contributed by atoms with van der Waals surface area (Å²) in [5.74, 6) is -3.54. The number of nitrogens with one attached hydrogen (secondary N) is 1. The minimum Gasteiger partial charge on any atom is -0.507 e. The van der Waals surface area contributed by atoms with Crippen LogP contribution in [0.3, 0.4) is 0 Å². The van der Waals surface area contributed by atoms with Crippen molar-refractivity contribution in [3.05, 3.63) is 64.2 Å². The number of phenolic OH excluding ortho intramolecular Hbond substituents is 1. The number of halogens is 6. The monoisotopic (exact) mass is 444 g/mol. The van der Waals surface area contributed by atoms with Crippen molar-refractivity contribution in [2.24, 2.45) is 0 Å². The van der Waals surface area contributed by atoms with Gasteiger partial charge < -0.3 is 15.5 Å². The number of rotatable bonds is 4. The number of nitrogens with zero attached hydrogens (tertiary/aromatic N) is 1. The zero-order valence-electron chi connectivity index (χ0n) is 15.0. The summed E-state index contributed by atoms with van der Waals surface area (Å²) < 4.78 is 77.6. The molecule has 0 spiro atoms. The molecule has 2 aromatic rings. The van der Waals surface area contributed by atoms with E-state index in [4.69, 9.17) is 10.4 Å². The quantitative estimate of drug-likeness (QED) is 0.361. The molecule has 162 valence electrons. The van der Waals surface area contributed by atoms with Gasteiger partial charge in [-0.05, 0) is 42.0 Å². The lowest BCUT2D eigenvalue weighted by Gasteiger charge is -2.15. The van der Waals surface area contributed by atoms with E-state index in [0.29, 0.717) is 0 Å². The van der Waals surface area contributed by atoms with Gasteiger partial charge in [-0.25, -0.2) is 4.79 Å². The van der Waals surface area contributed by atoms with Crippen LogP contribution in [-0.2, 0) is 17.1 Å². The minimum absolute atomic E-state index is 0.0399. The second kappa shape index (κ2) is 8.39. The second-order valence-electron chi connectivity index (χ2n) is 6.00. The molecule has 0 aliphatic carbocycles. The molecule has 12 heteroatoms. The number of carboxylic acid groups (broad SMARTS) is 1. The van der Waals surface area contributed by atoms with Gasteiger partial charge in [-0.15, -0.1) is 0 Å². The number of carbonyl (C=O) groups is 2. The first-order chi connectivity index (χ1) is 14.2. The highest BCUT2D eigenvalue weighted by atomic mass is 19.4. The maximum atomic E-state index is 12.9. The maximum absolute atomic E-state index is 12.9. The summed E-state index contributed by atoms with van der Waals surface area (Å²) in [4.78, 5) is 23.2. The molecule has 1 amide bonds. The van der Waals surface area contributed by atoms with Crippen molar-refractivity contribution in [1.82, 2.24) is 0 Å². The lowest BCUT2D eigenvalue weighted by Crippen LogP contribution is -2.16. The average molecular weight is 444 g/mol. The summed E-state index contributed by atoms with van der Waals surface area (Å²) in [6.07, 6.45) is -9.40. The van der Waals surface area contributed by atoms with E-state index in [-0.39, 0.29) is 23.8 Å². The molecule has 2 rings (SSSR count). The van der Waals surface area contributed by atoms with Gasteiger partial charge in [0.2, 0.25) is 0 Å². The lowest BCUT2D eigenvalue weighted by atomic mass is 10.1. The largest absolute Gasteiger partial charge is 0.507 e. The molecular weight excluding hydrogens is 434 g/mol. The molecule has 0 atom stereocenters. The zero-order valence-corrected chi connectivity index (χ0v) is 15.0. The van der Waals surface area contributed by atoms with Crippen molar-refractivity contribution in [1.29, 1.82) is 5.26 Å². The van der Waals surface area contributed by atoms with Crippen LogP contribution in [0.15, 0.2) is 42.0 Å². The summed E-state index contributed by atoms with van der Waals surface area (Å²) in [6, 6.07) is 4.81. The molecule has 3 N–H and O–H groups in total. The number of phenols is 1. The number of benzene rings is 2. The smallest absolute Gasteiger partial charge is 0.416 e. The fraction of sp³-hybridized carbons (Fsp3) is 0.105. The molecular formula is C19H10F6N2O4.